The summed E-state index contributed by atoms with van der Waals surface area (Å²) in [6.45, 7) is 2.25. The molecule has 0 heterocycles. The van der Waals surface area contributed by atoms with Crippen molar-refractivity contribution in [3.8, 4) is 0 Å². The second-order valence-electron chi connectivity index (χ2n) is 6.18. The van der Waals surface area contributed by atoms with E-state index in [1.54, 1.807) is 0 Å². The smallest absolute Gasteiger partial charge is 0.306 e. The lowest BCUT2D eigenvalue weighted by Gasteiger charge is -2.35. The van der Waals surface area contributed by atoms with Gasteiger partial charge < -0.3 is 5.11 Å². The largest absolute Gasteiger partial charge is 0.481 e. The molecule has 2 aliphatic rings. The quantitative estimate of drug-likeness (QED) is 0.800. The van der Waals surface area contributed by atoms with Gasteiger partial charge in [0.05, 0.1) is 5.92 Å². The first-order valence-corrected chi connectivity index (χ1v) is 7.43. The average Bonchev–Trinajstić information content (AvgIpc) is 2.81. The minimum atomic E-state index is -0.539. The van der Waals surface area contributed by atoms with Crippen LogP contribution in [0.4, 0.5) is 0 Å². The summed E-state index contributed by atoms with van der Waals surface area (Å²) in [7, 11) is 0. The molecule has 0 amide bonds. The molecule has 2 aliphatic carbocycles. The second kappa shape index (κ2) is 5.88. The molecule has 2 rings (SSSR count). The van der Waals surface area contributed by atoms with Crippen LogP contribution >= 0.6 is 0 Å². The van der Waals surface area contributed by atoms with Crippen LogP contribution in [-0.4, -0.2) is 11.1 Å². The van der Waals surface area contributed by atoms with Gasteiger partial charge >= 0.3 is 5.97 Å². The molecule has 0 aliphatic heterocycles. The van der Waals surface area contributed by atoms with Crippen LogP contribution in [0.5, 0.6) is 0 Å². The summed E-state index contributed by atoms with van der Waals surface area (Å²) in [5.41, 5.74) is 0. The molecular formula is C15H26O2. The molecule has 3 unspecified atom stereocenters. The average molecular weight is 238 g/mol. The Balaban J connectivity index is 1.94. The van der Waals surface area contributed by atoms with Gasteiger partial charge in [0.1, 0.15) is 0 Å². The monoisotopic (exact) mass is 238 g/mol. The standard InChI is InChI=1S/C15H26O2/c1-2-11-7-8-14(15(16)17)13(9-11)10-12-5-3-4-6-12/h11-14H,2-10H2,1H3,(H,16,17). The fraction of sp³-hybridized carbons (Fsp3) is 0.933. The van der Waals surface area contributed by atoms with Gasteiger partial charge in [-0.3, -0.25) is 4.79 Å². The van der Waals surface area contributed by atoms with Gasteiger partial charge in [-0.25, -0.2) is 0 Å². The summed E-state index contributed by atoms with van der Waals surface area (Å²) in [6.07, 6.45) is 11.1. The van der Waals surface area contributed by atoms with Crippen molar-refractivity contribution >= 4 is 5.97 Å². The summed E-state index contributed by atoms with van der Waals surface area (Å²) < 4.78 is 0. The molecule has 0 aromatic rings. The first-order valence-electron chi connectivity index (χ1n) is 7.43. The molecule has 0 bridgehead atoms. The molecule has 2 fully saturated rings. The first kappa shape index (κ1) is 12.9. The van der Waals surface area contributed by atoms with Crippen LogP contribution in [-0.2, 0) is 4.79 Å². The second-order valence-corrected chi connectivity index (χ2v) is 6.18. The van der Waals surface area contributed by atoms with E-state index in [9.17, 15) is 9.90 Å². The Bertz CT molecular complexity index is 256. The van der Waals surface area contributed by atoms with Crippen LogP contribution in [0.15, 0.2) is 0 Å². The predicted octanol–water partition coefficient (Wildman–Crippen LogP) is 4.09. The number of carbonyl (C=O) groups is 1. The van der Waals surface area contributed by atoms with Crippen molar-refractivity contribution in [2.75, 3.05) is 0 Å². The molecule has 0 radical (unpaired) electrons. The van der Waals surface area contributed by atoms with Gasteiger partial charge in [-0.15, -0.1) is 0 Å². The zero-order chi connectivity index (χ0) is 12.3. The van der Waals surface area contributed by atoms with Crippen molar-refractivity contribution in [1.29, 1.82) is 0 Å². The van der Waals surface area contributed by atoms with Crippen LogP contribution in [0.3, 0.4) is 0 Å². The molecular weight excluding hydrogens is 212 g/mol. The number of aliphatic carboxylic acids is 1. The van der Waals surface area contributed by atoms with Gasteiger partial charge in [-0.1, -0.05) is 39.0 Å². The SMILES string of the molecule is CCC1CCC(C(=O)O)C(CC2CCCC2)C1. The summed E-state index contributed by atoms with van der Waals surface area (Å²) >= 11 is 0. The minimum absolute atomic E-state index is 0.0431. The van der Waals surface area contributed by atoms with Gasteiger partial charge in [0, 0.05) is 0 Å². The maximum atomic E-state index is 11.3. The highest BCUT2D eigenvalue weighted by Gasteiger charge is 2.35. The zero-order valence-electron chi connectivity index (χ0n) is 11.0. The van der Waals surface area contributed by atoms with E-state index in [4.69, 9.17) is 0 Å². The van der Waals surface area contributed by atoms with E-state index < -0.39 is 5.97 Å². The highest BCUT2D eigenvalue weighted by atomic mass is 16.4. The van der Waals surface area contributed by atoms with Gasteiger partial charge in [0.15, 0.2) is 0 Å². The van der Waals surface area contributed by atoms with Crippen molar-refractivity contribution in [3.63, 3.8) is 0 Å². The summed E-state index contributed by atoms with van der Waals surface area (Å²) in [6, 6.07) is 0. The van der Waals surface area contributed by atoms with Crippen LogP contribution < -0.4 is 0 Å². The highest BCUT2D eigenvalue weighted by molar-refractivity contribution is 5.70. The van der Waals surface area contributed by atoms with E-state index in [2.05, 4.69) is 6.92 Å². The van der Waals surface area contributed by atoms with Gasteiger partial charge in [-0.05, 0) is 43.4 Å². The van der Waals surface area contributed by atoms with Crippen LogP contribution in [0, 0.1) is 23.7 Å². The maximum Gasteiger partial charge on any atom is 0.306 e. The molecule has 3 atom stereocenters. The number of hydrogen-bond donors (Lipinski definition) is 1. The molecule has 17 heavy (non-hydrogen) atoms. The third-order valence-corrected chi connectivity index (χ3v) is 5.10. The Labute approximate surface area is 105 Å². The Morgan fingerprint density at radius 3 is 2.41 bits per heavy atom. The Morgan fingerprint density at radius 2 is 1.82 bits per heavy atom. The van der Waals surface area contributed by atoms with Crippen LogP contribution in [0.2, 0.25) is 0 Å². The van der Waals surface area contributed by atoms with Crippen molar-refractivity contribution in [2.24, 2.45) is 23.7 Å². The minimum Gasteiger partial charge on any atom is -0.481 e. The third-order valence-electron chi connectivity index (χ3n) is 5.10. The summed E-state index contributed by atoms with van der Waals surface area (Å²) in [5.74, 6) is 1.50. The molecule has 98 valence electrons. The van der Waals surface area contributed by atoms with Crippen molar-refractivity contribution < 1.29 is 9.90 Å². The first-order chi connectivity index (χ1) is 8.20. The molecule has 2 heteroatoms. The molecule has 2 nitrogen and oxygen atoms in total. The summed E-state index contributed by atoms with van der Waals surface area (Å²) in [4.78, 5) is 11.3. The maximum absolute atomic E-state index is 11.3. The lowest BCUT2D eigenvalue weighted by Crippen LogP contribution is -2.31. The molecule has 0 saturated heterocycles. The zero-order valence-corrected chi connectivity index (χ0v) is 11.0. The number of rotatable bonds is 4. The topological polar surface area (TPSA) is 37.3 Å². The van der Waals surface area contributed by atoms with Gasteiger partial charge in [0.25, 0.3) is 0 Å². The van der Waals surface area contributed by atoms with E-state index in [0.29, 0.717) is 5.92 Å². The summed E-state index contributed by atoms with van der Waals surface area (Å²) in [5, 5.41) is 9.34. The fourth-order valence-corrected chi connectivity index (χ4v) is 3.99. The number of carboxylic acid groups (broad SMARTS) is 1. The Morgan fingerprint density at radius 1 is 1.12 bits per heavy atom. The molecule has 1 N–H and O–H groups in total. The molecule has 2 saturated carbocycles. The lowest BCUT2D eigenvalue weighted by atomic mass is 9.70. The van der Waals surface area contributed by atoms with Crippen molar-refractivity contribution in [1.82, 2.24) is 0 Å². The van der Waals surface area contributed by atoms with Gasteiger partial charge in [0.2, 0.25) is 0 Å². The molecule has 0 spiro atoms. The van der Waals surface area contributed by atoms with E-state index in [-0.39, 0.29) is 5.92 Å². The predicted molar refractivity (Wildman–Crippen MR) is 68.8 cm³/mol. The van der Waals surface area contributed by atoms with Crippen molar-refractivity contribution in [3.05, 3.63) is 0 Å². The van der Waals surface area contributed by atoms with Gasteiger partial charge in [-0.2, -0.15) is 0 Å². The van der Waals surface area contributed by atoms with Crippen LogP contribution in [0.25, 0.3) is 0 Å². The van der Waals surface area contributed by atoms with E-state index in [1.165, 1.54) is 44.9 Å². The van der Waals surface area contributed by atoms with Crippen LogP contribution in [0.1, 0.15) is 64.7 Å². The van der Waals surface area contributed by atoms with E-state index in [1.807, 2.05) is 0 Å². The molecule has 0 aromatic carbocycles. The highest BCUT2D eigenvalue weighted by Crippen LogP contribution is 2.41. The number of carboxylic acids is 1. The van der Waals surface area contributed by atoms with Crippen molar-refractivity contribution in [2.45, 2.75) is 64.7 Å². The Kier molecular flexibility index (Phi) is 4.47. The Hall–Kier alpha value is -0.530. The normalized spacial score (nSPS) is 35.0. The van der Waals surface area contributed by atoms with E-state index >= 15 is 0 Å². The van der Waals surface area contributed by atoms with E-state index in [0.717, 1.165) is 24.7 Å². The lowest BCUT2D eigenvalue weighted by molar-refractivity contribution is -0.145. The fourth-order valence-electron chi connectivity index (χ4n) is 3.99. The molecule has 0 aromatic heterocycles. The number of hydrogen-bond acceptors (Lipinski definition) is 1. The third kappa shape index (κ3) is 3.23.